The summed E-state index contributed by atoms with van der Waals surface area (Å²) in [5.41, 5.74) is -0.702. The van der Waals surface area contributed by atoms with Crippen molar-refractivity contribution in [3.63, 3.8) is 0 Å². The second kappa shape index (κ2) is 11.5. The Morgan fingerprint density at radius 2 is 2.05 bits per heavy atom. The second-order valence-electron chi connectivity index (χ2n) is 8.85. The van der Waals surface area contributed by atoms with Gasteiger partial charge in [0.15, 0.2) is 6.23 Å². The predicted molar refractivity (Wildman–Crippen MR) is 135 cm³/mol. The number of aromatic nitrogens is 2. The van der Waals surface area contributed by atoms with Gasteiger partial charge in [-0.25, -0.2) is 9.36 Å². The molecule has 37 heavy (non-hydrogen) atoms. The molecule has 15 heteroatoms. The first-order valence-corrected chi connectivity index (χ1v) is 13.3. The smallest absolute Gasteiger partial charge is 0.459 e. The number of carbonyl (C=O) groups excluding carboxylic acids is 1. The Morgan fingerprint density at radius 3 is 2.68 bits per heavy atom. The van der Waals surface area contributed by atoms with Gasteiger partial charge in [-0.2, -0.15) is 5.09 Å². The van der Waals surface area contributed by atoms with Crippen molar-refractivity contribution in [3.8, 4) is 5.75 Å². The zero-order valence-electron chi connectivity index (χ0n) is 20.6. The molecule has 12 nitrogen and oxygen atoms in total. The molecule has 1 aromatic heterocycles. The van der Waals surface area contributed by atoms with Gasteiger partial charge < -0.3 is 19.1 Å². The number of halogens is 1. The van der Waals surface area contributed by atoms with Crippen LogP contribution in [0.2, 0.25) is 0 Å². The van der Waals surface area contributed by atoms with E-state index in [2.05, 4.69) is 5.09 Å². The number of ether oxygens (including phenoxy) is 2. The van der Waals surface area contributed by atoms with Crippen molar-refractivity contribution in [2.75, 3.05) is 6.61 Å². The highest BCUT2D eigenvalue weighted by molar-refractivity contribution is 7.52. The number of hydrogen-bond donors (Lipinski definition) is 3. The highest BCUT2D eigenvalue weighted by Crippen LogP contribution is 2.47. The third kappa shape index (κ3) is 7.13. The summed E-state index contributed by atoms with van der Waals surface area (Å²) in [4.78, 5) is 38.0. The molecule has 6 atom stereocenters. The van der Waals surface area contributed by atoms with Crippen molar-refractivity contribution in [1.82, 2.24) is 14.6 Å². The van der Waals surface area contributed by atoms with Crippen LogP contribution in [0.15, 0.2) is 46.1 Å². The highest BCUT2D eigenvalue weighted by Gasteiger charge is 2.53. The third-order valence-corrected chi connectivity index (χ3v) is 7.33. The summed E-state index contributed by atoms with van der Waals surface area (Å²) in [5.74, 6) is -0.501. The van der Waals surface area contributed by atoms with Gasteiger partial charge in [-0.05, 0) is 45.4 Å². The molecule has 1 unspecified atom stereocenters. The number of hydrogen-bond acceptors (Lipinski definition) is 9. The number of alkyl halides is 1. The zero-order chi connectivity index (χ0) is 27.5. The van der Waals surface area contributed by atoms with E-state index in [-0.39, 0.29) is 5.75 Å². The van der Waals surface area contributed by atoms with Crippen molar-refractivity contribution >= 4 is 33.2 Å². The van der Waals surface area contributed by atoms with E-state index in [1.807, 2.05) is 4.98 Å². The maximum absolute atomic E-state index is 13.7. The molecule has 0 amide bonds. The molecule has 3 rings (SSSR count). The fraction of sp³-hybridized carbons (Fsp3) is 0.500. The first-order chi connectivity index (χ1) is 17.2. The second-order valence-corrected chi connectivity index (χ2v) is 11.2. The molecule has 0 bridgehead atoms. The SMILES string of the molecule is [B][C@]1(Cl)[C@H](O)[C@@H](COP(=O)(N[C@@H](C)C(=O)OC(C)C)Oc2cccc(C)c2)O[C@H]1n1ccc(=O)[nH]c1=O. The van der Waals surface area contributed by atoms with E-state index in [4.69, 9.17) is 38.0 Å². The maximum Gasteiger partial charge on any atom is 0.459 e. The molecule has 0 aliphatic carbocycles. The summed E-state index contributed by atoms with van der Waals surface area (Å²) in [6.07, 6.45) is -3.59. The molecule has 1 fully saturated rings. The monoisotopic (exact) mass is 555 g/mol. The molecule has 3 N–H and O–H groups in total. The van der Waals surface area contributed by atoms with Crippen LogP contribution in [0, 0.1) is 6.92 Å². The van der Waals surface area contributed by atoms with Crippen LogP contribution in [0.4, 0.5) is 0 Å². The van der Waals surface area contributed by atoms with Gasteiger partial charge in [0.1, 0.15) is 25.7 Å². The molecule has 200 valence electrons. The van der Waals surface area contributed by atoms with Gasteiger partial charge in [0.05, 0.1) is 23.6 Å². The lowest BCUT2D eigenvalue weighted by atomic mass is 9.79. The molecular formula is C22H28BClN3O9P. The fourth-order valence-electron chi connectivity index (χ4n) is 3.49. The van der Waals surface area contributed by atoms with Gasteiger partial charge in [0, 0.05) is 12.3 Å². The van der Waals surface area contributed by atoms with Crippen LogP contribution in [0.5, 0.6) is 5.75 Å². The first-order valence-electron chi connectivity index (χ1n) is 11.3. The molecule has 0 spiro atoms. The molecule has 1 aliphatic rings. The minimum absolute atomic E-state index is 0.191. The molecule has 1 aromatic carbocycles. The van der Waals surface area contributed by atoms with Crippen molar-refractivity contribution in [2.24, 2.45) is 0 Å². The summed E-state index contributed by atoms with van der Waals surface area (Å²) >= 11 is 6.31. The van der Waals surface area contributed by atoms with Crippen LogP contribution in [0.3, 0.4) is 0 Å². The van der Waals surface area contributed by atoms with Crippen molar-refractivity contribution in [1.29, 1.82) is 0 Å². The van der Waals surface area contributed by atoms with Gasteiger partial charge in [0.25, 0.3) is 5.56 Å². The number of esters is 1. The largest absolute Gasteiger partial charge is 0.462 e. The first kappa shape index (κ1) is 29.2. The summed E-state index contributed by atoms with van der Waals surface area (Å²) in [6.45, 7) is 5.99. The number of H-pyrrole nitrogens is 1. The molecule has 1 saturated heterocycles. The Balaban J connectivity index is 1.82. The number of aliphatic hydroxyl groups is 1. The Labute approximate surface area is 219 Å². The topological polar surface area (TPSA) is 158 Å². The number of nitrogens with one attached hydrogen (secondary N) is 2. The zero-order valence-corrected chi connectivity index (χ0v) is 22.3. The van der Waals surface area contributed by atoms with E-state index in [1.54, 1.807) is 45.0 Å². The Kier molecular flexibility index (Phi) is 9.10. The van der Waals surface area contributed by atoms with Gasteiger partial charge >= 0.3 is 19.4 Å². The van der Waals surface area contributed by atoms with Crippen molar-refractivity contribution in [3.05, 3.63) is 62.9 Å². The summed E-state index contributed by atoms with van der Waals surface area (Å²) in [6, 6.07) is 6.60. The van der Waals surface area contributed by atoms with Gasteiger partial charge in [-0.1, -0.05) is 12.1 Å². The van der Waals surface area contributed by atoms with E-state index in [1.165, 1.54) is 6.92 Å². The lowest BCUT2D eigenvalue weighted by Crippen LogP contribution is -2.45. The van der Waals surface area contributed by atoms with Crippen LogP contribution in [-0.4, -0.2) is 64.2 Å². The van der Waals surface area contributed by atoms with Crippen LogP contribution in [0.1, 0.15) is 32.6 Å². The highest BCUT2D eigenvalue weighted by atomic mass is 35.5. The minimum atomic E-state index is -4.28. The molecular weight excluding hydrogens is 527 g/mol. The number of aryl methyl sites for hydroxylation is 1. The van der Waals surface area contributed by atoms with Crippen molar-refractivity contribution in [2.45, 2.75) is 63.1 Å². The summed E-state index contributed by atoms with van der Waals surface area (Å²) < 4.78 is 34.6. The molecule has 1 aliphatic heterocycles. The maximum atomic E-state index is 13.7. The predicted octanol–water partition coefficient (Wildman–Crippen LogP) is 1.34. The fourth-order valence-corrected chi connectivity index (χ4v) is 5.28. The van der Waals surface area contributed by atoms with E-state index in [0.29, 0.717) is 0 Å². The Bertz CT molecular complexity index is 1280. The average Bonchev–Trinajstić information content (AvgIpc) is 3.00. The van der Waals surface area contributed by atoms with E-state index in [9.17, 15) is 24.1 Å². The Hall–Kier alpha value is -2.41. The number of aliphatic hydroxyl groups excluding tert-OH is 1. The van der Waals surface area contributed by atoms with E-state index < -0.39 is 66.9 Å². The number of benzene rings is 1. The average molecular weight is 556 g/mol. The quantitative estimate of drug-likeness (QED) is 0.169. The summed E-state index contributed by atoms with van der Waals surface area (Å²) in [7, 11) is 1.76. The number of rotatable bonds is 10. The normalized spacial score (nSPS) is 26.0. The molecule has 2 radical (unpaired) electrons. The van der Waals surface area contributed by atoms with Crippen molar-refractivity contribution < 1.29 is 33.0 Å². The van der Waals surface area contributed by atoms with E-state index >= 15 is 0 Å². The van der Waals surface area contributed by atoms with Gasteiger partial charge in [-0.3, -0.25) is 23.7 Å². The van der Waals surface area contributed by atoms with Gasteiger partial charge in [0.2, 0.25) is 0 Å². The standard InChI is InChI=1S/C22H28BClN3O9P/c1-12(2)34-19(30)14(4)26-37(32,36-15-7-5-6-13(3)10-15)33-11-16-18(29)22(23,24)20(35-16)27-9-8-17(28)25-21(27)31/h5-10,12,14,16,18,20,29H,11H2,1-4H3,(H,26,32)(H,25,28,31)/t14-,16+,18+,20+,22-,37?/m0/s1. The number of carbonyl (C=O) groups is 1. The van der Waals surface area contributed by atoms with Crippen LogP contribution in [0.25, 0.3) is 0 Å². The summed E-state index contributed by atoms with van der Waals surface area (Å²) in [5, 5.41) is 13.2. The van der Waals surface area contributed by atoms with Gasteiger partial charge in [-0.15, -0.1) is 11.6 Å². The van der Waals surface area contributed by atoms with E-state index in [0.717, 1.165) is 22.4 Å². The van der Waals surface area contributed by atoms with Crippen LogP contribution < -0.4 is 20.9 Å². The van der Waals surface area contributed by atoms with Crippen LogP contribution in [-0.2, 0) is 23.4 Å². The number of nitrogens with zero attached hydrogens (tertiary/aromatic N) is 1. The van der Waals surface area contributed by atoms with Crippen LogP contribution >= 0.6 is 19.3 Å². The minimum Gasteiger partial charge on any atom is -0.462 e. The lowest BCUT2D eigenvalue weighted by molar-refractivity contribution is -0.149. The molecule has 2 heterocycles. The third-order valence-electron chi connectivity index (χ3n) is 5.27. The number of aromatic amines is 1. The molecule has 2 aromatic rings. The molecule has 0 saturated carbocycles. The lowest BCUT2D eigenvalue weighted by Gasteiger charge is -2.27. The Morgan fingerprint density at radius 1 is 1.35 bits per heavy atom.